The predicted molar refractivity (Wildman–Crippen MR) is 122 cm³/mol. The molecule has 3 rings (SSSR count). The van der Waals surface area contributed by atoms with Gasteiger partial charge in [0.1, 0.15) is 5.69 Å². The number of carbonyl (C=O) groups excluding carboxylic acids is 1. The van der Waals surface area contributed by atoms with Crippen LogP contribution in [0.1, 0.15) is 35.2 Å². The largest absolute Gasteiger partial charge is 0.383 e. The van der Waals surface area contributed by atoms with E-state index < -0.39 is 4.92 Å². The van der Waals surface area contributed by atoms with Gasteiger partial charge in [-0.3, -0.25) is 14.9 Å². The Balaban J connectivity index is 1.76. The molecule has 1 saturated heterocycles. The Hall–Kier alpha value is -3.13. The molecule has 0 saturated carbocycles. The molecule has 1 aliphatic rings. The zero-order valence-electron chi connectivity index (χ0n) is 18.2. The lowest BCUT2D eigenvalue weighted by Crippen LogP contribution is -2.32. The highest BCUT2D eigenvalue weighted by Gasteiger charge is 2.21. The molecule has 8 nitrogen and oxygen atoms in total. The summed E-state index contributed by atoms with van der Waals surface area (Å²) in [5.74, 6) is -0.250. The third kappa shape index (κ3) is 5.73. The highest BCUT2D eigenvalue weighted by atomic mass is 16.6. The molecule has 0 spiro atoms. The zero-order valence-corrected chi connectivity index (χ0v) is 18.2. The average molecular weight is 427 g/mol. The lowest BCUT2D eigenvalue weighted by Gasteiger charge is -2.31. The third-order valence-electron chi connectivity index (χ3n) is 5.51. The number of ether oxygens (including phenoxy) is 1. The van der Waals surface area contributed by atoms with Crippen LogP contribution >= 0.6 is 0 Å². The molecule has 0 radical (unpaired) electrons. The number of hydrogen-bond acceptors (Lipinski definition) is 6. The summed E-state index contributed by atoms with van der Waals surface area (Å²) in [6.07, 6.45) is 3.61. The fourth-order valence-electron chi connectivity index (χ4n) is 3.89. The molecular weight excluding hydrogens is 396 g/mol. The Morgan fingerprint density at radius 2 is 1.94 bits per heavy atom. The molecule has 1 aliphatic heterocycles. The number of carbonyl (C=O) groups is 1. The minimum absolute atomic E-state index is 0.121. The molecular formula is C23H30N4O4. The average Bonchev–Trinajstić information content (AvgIpc) is 2.79. The minimum atomic E-state index is -0.475. The third-order valence-corrected chi connectivity index (χ3v) is 5.51. The van der Waals surface area contributed by atoms with Crippen LogP contribution in [0.15, 0.2) is 42.5 Å². The Bertz CT molecular complexity index is 912. The summed E-state index contributed by atoms with van der Waals surface area (Å²) >= 11 is 0. The van der Waals surface area contributed by atoms with Crippen molar-refractivity contribution in [1.29, 1.82) is 0 Å². The summed E-state index contributed by atoms with van der Waals surface area (Å²) < 4.78 is 4.97. The molecule has 166 valence electrons. The molecule has 0 unspecified atom stereocenters. The highest BCUT2D eigenvalue weighted by Crippen LogP contribution is 2.28. The molecule has 2 aromatic carbocycles. The van der Waals surface area contributed by atoms with E-state index in [1.54, 1.807) is 31.2 Å². The van der Waals surface area contributed by atoms with Crippen molar-refractivity contribution in [3.63, 3.8) is 0 Å². The lowest BCUT2D eigenvalue weighted by molar-refractivity contribution is -0.384. The van der Waals surface area contributed by atoms with Crippen LogP contribution in [0, 0.1) is 10.1 Å². The molecule has 0 bridgehead atoms. The summed E-state index contributed by atoms with van der Waals surface area (Å²) in [6, 6.07) is 12.7. The van der Waals surface area contributed by atoms with E-state index in [9.17, 15) is 14.9 Å². The number of piperidine rings is 1. The fraction of sp³-hybridized carbons (Fsp3) is 0.435. The van der Waals surface area contributed by atoms with Gasteiger partial charge in [0.25, 0.3) is 11.6 Å². The Kier molecular flexibility index (Phi) is 7.83. The van der Waals surface area contributed by atoms with Gasteiger partial charge in [0.05, 0.1) is 11.5 Å². The first-order valence-corrected chi connectivity index (χ1v) is 10.6. The lowest BCUT2D eigenvalue weighted by atomic mass is 10.1. The molecule has 0 aliphatic carbocycles. The van der Waals surface area contributed by atoms with Crippen LogP contribution in [0.25, 0.3) is 0 Å². The molecule has 1 fully saturated rings. The first-order chi connectivity index (χ1) is 15.0. The van der Waals surface area contributed by atoms with Crippen molar-refractivity contribution in [3.8, 4) is 0 Å². The summed E-state index contributed by atoms with van der Waals surface area (Å²) in [6.45, 7) is 3.36. The van der Waals surface area contributed by atoms with Gasteiger partial charge in [-0.05, 0) is 43.0 Å². The number of para-hydroxylation sites is 1. The fourth-order valence-corrected chi connectivity index (χ4v) is 3.89. The second-order valence-electron chi connectivity index (χ2n) is 7.75. The second kappa shape index (κ2) is 10.8. The number of rotatable bonds is 9. The SMILES string of the molecule is COCCNc1ccc(C(=O)N(C)Cc2ccccc2N2CCCCC2)cc1[N+](=O)[O-]. The molecule has 2 aromatic rings. The van der Waals surface area contributed by atoms with Crippen molar-refractivity contribution in [2.45, 2.75) is 25.8 Å². The van der Waals surface area contributed by atoms with Crippen LogP contribution in [0.5, 0.6) is 0 Å². The maximum atomic E-state index is 13.0. The van der Waals surface area contributed by atoms with E-state index in [0.29, 0.717) is 30.9 Å². The summed E-state index contributed by atoms with van der Waals surface area (Å²) in [5.41, 5.74) is 2.78. The summed E-state index contributed by atoms with van der Waals surface area (Å²) in [5, 5.41) is 14.5. The van der Waals surface area contributed by atoms with Gasteiger partial charge in [0.15, 0.2) is 0 Å². The van der Waals surface area contributed by atoms with Crippen LogP contribution in [0.4, 0.5) is 17.1 Å². The predicted octanol–water partition coefficient (Wildman–Crippen LogP) is 3.92. The van der Waals surface area contributed by atoms with Gasteiger partial charge < -0.3 is 19.9 Å². The van der Waals surface area contributed by atoms with Crippen molar-refractivity contribution >= 4 is 23.0 Å². The van der Waals surface area contributed by atoms with E-state index in [1.807, 2.05) is 18.2 Å². The monoisotopic (exact) mass is 426 g/mol. The van der Waals surface area contributed by atoms with E-state index in [-0.39, 0.29) is 11.6 Å². The van der Waals surface area contributed by atoms with Crippen LogP contribution in [-0.4, -0.2) is 56.1 Å². The first-order valence-electron chi connectivity index (χ1n) is 10.6. The number of benzene rings is 2. The number of nitro groups is 1. The van der Waals surface area contributed by atoms with Crippen LogP contribution < -0.4 is 10.2 Å². The van der Waals surface area contributed by atoms with Gasteiger partial charge in [0, 0.05) is 57.7 Å². The number of nitrogens with zero attached hydrogens (tertiary/aromatic N) is 3. The number of hydrogen-bond donors (Lipinski definition) is 1. The number of amides is 1. The molecule has 0 atom stereocenters. The Morgan fingerprint density at radius 3 is 2.65 bits per heavy atom. The standard InChI is InChI=1S/C23H30N4O4/c1-25(17-19-8-4-5-9-21(19)26-13-6-3-7-14-26)23(28)18-10-11-20(24-12-15-31-2)22(16-18)27(29)30/h4-5,8-11,16,24H,3,6-7,12-15,17H2,1-2H3. The van der Waals surface area contributed by atoms with E-state index >= 15 is 0 Å². The van der Waals surface area contributed by atoms with Gasteiger partial charge in [-0.15, -0.1) is 0 Å². The van der Waals surface area contributed by atoms with Gasteiger partial charge in [-0.1, -0.05) is 18.2 Å². The van der Waals surface area contributed by atoms with Crippen molar-refractivity contribution in [2.75, 3.05) is 50.6 Å². The zero-order chi connectivity index (χ0) is 22.2. The summed E-state index contributed by atoms with van der Waals surface area (Å²) in [4.78, 5) is 28.1. The minimum Gasteiger partial charge on any atom is -0.383 e. The molecule has 1 N–H and O–H groups in total. The van der Waals surface area contributed by atoms with Gasteiger partial charge >= 0.3 is 0 Å². The summed E-state index contributed by atoms with van der Waals surface area (Å²) in [7, 11) is 3.29. The number of anilines is 2. The van der Waals surface area contributed by atoms with Crippen molar-refractivity contribution < 1.29 is 14.5 Å². The van der Waals surface area contributed by atoms with Gasteiger partial charge in [-0.25, -0.2) is 0 Å². The normalized spacial score (nSPS) is 13.7. The quantitative estimate of drug-likeness (QED) is 0.372. The first kappa shape index (κ1) is 22.6. The van der Waals surface area contributed by atoms with Crippen molar-refractivity contribution in [2.24, 2.45) is 0 Å². The van der Waals surface area contributed by atoms with E-state index in [4.69, 9.17) is 4.74 Å². The molecule has 8 heteroatoms. The highest BCUT2D eigenvalue weighted by molar-refractivity contribution is 5.95. The molecule has 1 heterocycles. The molecule has 0 aromatic heterocycles. The van der Waals surface area contributed by atoms with Crippen LogP contribution in [0.3, 0.4) is 0 Å². The van der Waals surface area contributed by atoms with E-state index in [0.717, 1.165) is 24.3 Å². The Morgan fingerprint density at radius 1 is 1.19 bits per heavy atom. The topological polar surface area (TPSA) is 88.0 Å². The van der Waals surface area contributed by atoms with Crippen molar-refractivity contribution in [1.82, 2.24) is 4.90 Å². The Labute approximate surface area is 182 Å². The number of nitro benzene ring substituents is 1. The second-order valence-corrected chi connectivity index (χ2v) is 7.75. The van der Waals surface area contributed by atoms with Gasteiger partial charge in [-0.2, -0.15) is 0 Å². The molecule has 31 heavy (non-hydrogen) atoms. The maximum Gasteiger partial charge on any atom is 0.293 e. The maximum absolute atomic E-state index is 13.0. The van der Waals surface area contributed by atoms with Gasteiger partial charge in [0.2, 0.25) is 0 Å². The number of nitrogens with one attached hydrogen (secondary N) is 1. The van der Waals surface area contributed by atoms with Crippen molar-refractivity contribution in [3.05, 3.63) is 63.7 Å². The van der Waals surface area contributed by atoms with E-state index in [2.05, 4.69) is 16.3 Å². The molecule has 1 amide bonds. The van der Waals surface area contributed by atoms with E-state index in [1.165, 1.54) is 25.3 Å². The van der Waals surface area contributed by atoms with Crippen LogP contribution in [-0.2, 0) is 11.3 Å². The van der Waals surface area contributed by atoms with Crippen LogP contribution in [0.2, 0.25) is 0 Å². The smallest absolute Gasteiger partial charge is 0.293 e. The number of methoxy groups -OCH3 is 1.